The maximum Gasteiger partial charge on any atom is 0 e. The standard InChI is InChI=1S/H2S4.Si/c1-3-4-2;/h1-2H;. The van der Waals surface area contributed by atoms with Gasteiger partial charge in [-0.3, -0.25) is 0 Å². The molecule has 0 aromatic carbocycles. The van der Waals surface area contributed by atoms with E-state index in [2.05, 4.69) is 23.3 Å². The average Bonchev–Trinajstić information content (AvgIpc) is 1.37. The van der Waals surface area contributed by atoms with Gasteiger partial charge < -0.3 is 0 Å². The highest BCUT2D eigenvalue weighted by Crippen LogP contribution is 2.27. The molecule has 5 heavy (non-hydrogen) atoms. The van der Waals surface area contributed by atoms with Crippen molar-refractivity contribution in [3.05, 3.63) is 0 Å². The molecule has 0 aromatic heterocycles. The van der Waals surface area contributed by atoms with Gasteiger partial charge in [-0.25, -0.2) is 0 Å². The Morgan fingerprint density at radius 1 is 1.00 bits per heavy atom. The maximum atomic E-state index is 3.72. The first kappa shape index (κ1) is 9.79. The Balaban J connectivity index is 0. The van der Waals surface area contributed by atoms with E-state index in [0.29, 0.717) is 0 Å². The fourth-order valence-electron chi connectivity index (χ4n) is 0. The summed E-state index contributed by atoms with van der Waals surface area (Å²) in [5, 5.41) is 0. The molecule has 0 bridgehead atoms. The molecule has 0 saturated carbocycles. The van der Waals surface area contributed by atoms with Crippen molar-refractivity contribution in [2.24, 2.45) is 0 Å². The third-order valence-electron chi connectivity index (χ3n) is 0.0333. The summed E-state index contributed by atoms with van der Waals surface area (Å²) in [7, 11) is 2.66. The van der Waals surface area contributed by atoms with Crippen LogP contribution in [-0.4, -0.2) is 11.0 Å². The van der Waals surface area contributed by atoms with Crippen LogP contribution in [0.1, 0.15) is 0 Å². The minimum absolute atomic E-state index is 0. The lowest BCUT2D eigenvalue weighted by molar-refractivity contribution is 5.75. The van der Waals surface area contributed by atoms with Crippen LogP contribution in [0.25, 0.3) is 0 Å². The molecule has 0 aliphatic heterocycles. The summed E-state index contributed by atoms with van der Waals surface area (Å²) in [5.74, 6) is 0. The van der Waals surface area contributed by atoms with Crippen molar-refractivity contribution in [1.29, 1.82) is 0 Å². The summed E-state index contributed by atoms with van der Waals surface area (Å²) in [6, 6.07) is 0. The van der Waals surface area contributed by atoms with Gasteiger partial charge >= 0.3 is 0 Å². The summed E-state index contributed by atoms with van der Waals surface area (Å²) in [5.41, 5.74) is 0. The zero-order chi connectivity index (χ0) is 3.41. The van der Waals surface area contributed by atoms with E-state index in [1.54, 1.807) is 0 Å². The van der Waals surface area contributed by atoms with Crippen molar-refractivity contribution in [1.82, 2.24) is 0 Å². The topological polar surface area (TPSA) is 0 Å². The zero-order valence-corrected chi connectivity index (χ0v) is 6.63. The van der Waals surface area contributed by atoms with E-state index in [1.807, 2.05) is 0 Å². The summed E-state index contributed by atoms with van der Waals surface area (Å²) < 4.78 is 0. The second-order valence-corrected chi connectivity index (χ2v) is 4.02. The van der Waals surface area contributed by atoms with Crippen LogP contribution in [0.3, 0.4) is 0 Å². The summed E-state index contributed by atoms with van der Waals surface area (Å²) in [4.78, 5) is 0. The normalized spacial score (nSPS) is 6.00. The van der Waals surface area contributed by atoms with E-state index in [9.17, 15) is 0 Å². The quantitative estimate of drug-likeness (QED) is 0.338. The van der Waals surface area contributed by atoms with Crippen molar-refractivity contribution in [2.75, 3.05) is 0 Å². The van der Waals surface area contributed by atoms with Gasteiger partial charge in [-0.05, 0) is 19.7 Å². The second-order valence-electron chi connectivity index (χ2n) is 0.149. The molecule has 0 spiro atoms. The van der Waals surface area contributed by atoms with E-state index in [4.69, 9.17) is 0 Å². The summed E-state index contributed by atoms with van der Waals surface area (Å²) in [6.07, 6.45) is 0. The Kier molecular flexibility index (Phi) is 17.9. The van der Waals surface area contributed by atoms with E-state index in [1.165, 1.54) is 19.7 Å². The first-order chi connectivity index (χ1) is 1.91. The molecular formula is H2S4Si. The Morgan fingerprint density at radius 2 is 1.20 bits per heavy atom. The van der Waals surface area contributed by atoms with Gasteiger partial charge in [-0.2, -0.15) is 0 Å². The van der Waals surface area contributed by atoms with Gasteiger partial charge in [0.15, 0.2) is 0 Å². The monoisotopic (exact) mass is 158 g/mol. The van der Waals surface area contributed by atoms with Crippen LogP contribution in [0.15, 0.2) is 0 Å². The van der Waals surface area contributed by atoms with Gasteiger partial charge in [0.05, 0.1) is 0 Å². The smallest absolute Gasteiger partial charge is 0 e. The van der Waals surface area contributed by atoms with Crippen LogP contribution in [0.5, 0.6) is 0 Å². The molecule has 0 amide bonds. The lowest BCUT2D eigenvalue weighted by atomic mass is 28.1. The highest BCUT2D eigenvalue weighted by molar-refractivity contribution is 9.21. The van der Waals surface area contributed by atoms with Crippen LogP contribution in [0, 0.1) is 0 Å². The molecule has 0 aliphatic carbocycles. The molecule has 0 fully saturated rings. The molecule has 0 rings (SSSR count). The second kappa shape index (κ2) is 9.15. The molecule has 0 aliphatic rings. The molecule has 4 radical (unpaired) electrons. The average molecular weight is 158 g/mol. The third kappa shape index (κ3) is 10.7. The molecule has 0 nitrogen and oxygen atoms in total. The Morgan fingerprint density at radius 3 is 1.20 bits per heavy atom. The minimum atomic E-state index is 0. The molecule has 0 N–H and O–H groups in total. The summed E-state index contributed by atoms with van der Waals surface area (Å²) >= 11 is 7.45. The molecule has 0 aromatic rings. The number of thiol groups is 2. The maximum absolute atomic E-state index is 3.72. The van der Waals surface area contributed by atoms with E-state index in [0.717, 1.165) is 0 Å². The molecule has 5 heteroatoms. The Hall–Kier alpha value is 1.62. The van der Waals surface area contributed by atoms with Crippen LogP contribution in [0.4, 0.5) is 0 Å². The lowest BCUT2D eigenvalue weighted by Gasteiger charge is -1.66. The first-order valence-electron chi connectivity index (χ1n) is 0.532. The molecule has 0 saturated heterocycles. The van der Waals surface area contributed by atoms with Crippen molar-refractivity contribution < 1.29 is 0 Å². The Labute approximate surface area is 53.9 Å². The largest absolute Gasteiger partial charge is 0.0989 e. The molecule has 30 valence electrons. The fourth-order valence-corrected chi connectivity index (χ4v) is 0. The van der Waals surface area contributed by atoms with E-state index < -0.39 is 0 Å². The van der Waals surface area contributed by atoms with Crippen molar-refractivity contribution in [2.45, 2.75) is 0 Å². The van der Waals surface area contributed by atoms with Gasteiger partial charge in [0.2, 0.25) is 0 Å². The Bertz CT molecular complexity index is 5.61. The highest BCUT2D eigenvalue weighted by Gasteiger charge is 1.58. The zero-order valence-electron chi connectivity index (χ0n) is 2.21. The van der Waals surface area contributed by atoms with Gasteiger partial charge in [0.25, 0.3) is 0 Å². The fraction of sp³-hybridized carbons (Fsp3) is 0. The van der Waals surface area contributed by atoms with Crippen molar-refractivity contribution in [3.8, 4) is 0 Å². The van der Waals surface area contributed by atoms with Gasteiger partial charge in [-0.15, -0.1) is 0 Å². The summed E-state index contributed by atoms with van der Waals surface area (Å²) in [6.45, 7) is 0. The number of hydrogen-bond donors (Lipinski definition) is 2. The van der Waals surface area contributed by atoms with Crippen LogP contribution >= 0.6 is 43.0 Å². The molecule has 0 atom stereocenters. The van der Waals surface area contributed by atoms with Gasteiger partial charge in [0, 0.05) is 11.0 Å². The van der Waals surface area contributed by atoms with E-state index in [-0.39, 0.29) is 11.0 Å². The van der Waals surface area contributed by atoms with Crippen LogP contribution < -0.4 is 0 Å². The molecule has 0 unspecified atom stereocenters. The number of rotatable bonds is 1. The predicted octanol–water partition coefficient (Wildman–Crippen LogP) is 1.68. The van der Waals surface area contributed by atoms with Crippen molar-refractivity contribution >= 4 is 53.9 Å². The molecular weight excluding hydrogens is 156 g/mol. The van der Waals surface area contributed by atoms with Gasteiger partial charge in [-0.1, -0.05) is 23.3 Å². The van der Waals surface area contributed by atoms with E-state index >= 15 is 0 Å². The SMILES string of the molecule is SSSS.[Si]. The van der Waals surface area contributed by atoms with Crippen molar-refractivity contribution in [3.63, 3.8) is 0 Å². The first-order valence-corrected chi connectivity index (χ1v) is 4.79. The predicted molar refractivity (Wildman–Crippen MR) is 38.9 cm³/mol. The lowest BCUT2D eigenvalue weighted by Crippen LogP contribution is -0.969. The van der Waals surface area contributed by atoms with Crippen LogP contribution in [0.2, 0.25) is 0 Å². The highest BCUT2D eigenvalue weighted by atomic mass is 33.7. The number of hydrogen-bond acceptors (Lipinski definition) is 4. The third-order valence-corrected chi connectivity index (χ3v) is 2.70. The minimum Gasteiger partial charge on any atom is -0.0989 e. The van der Waals surface area contributed by atoms with Crippen LogP contribution in [-0.2, 0) is 0 Å². The molecule has 0 heterocycles. The van der Waals surface area contributed by atoms with Gasteiger partial charge in [0.1, 0.15) is 0 Å².